The molecule has 3 N–H and O–H groups in total. The van der Waals surface area contributed by atoms with Crippen molar-refractivity contribution >= 4 is 23.7 Å². The third-order valence-corrected chi connectivity index (χ3v) is 5.86. The second kappa shape index (κ2) is 19.3. The van der Waals surface area contributed by atoms with Crippen molar-refractivity contribution in [3.05, 3.63) is 35.9 Å². The highest BCUT2D eigenvalue weighted by Gasteiger charge is 2.25. The van der Waals surface area contributed by atoms with Crippen LogP contribution in [-0.4, -0.2) is 42.8 Å². The van der Waals surface area contributed by atoms with Gasteiger partial charge in [-0.1, -0.05) is 102 Å². The van der Waals surface area contributed by atoms with E-state index in [1.54, 1.807) is 13.8 Å². The fourth-order valence-corrected chi connectivity index (χ4v) is 3.65. The molecular weight excluding hydrogens is 458 g/mol. The summed E-state index contributed by atoms with van der Waals surface area (Å²) < 4.78 is 5.33. The monoisotopic (exact) mass is 503 g/mol. The first-order chi connectivity index (χ1) is 17.3. The van der Waals surface area contributed by atoms with E-state index in [0.717, 1.165) is 24.8 Å². The zero-order chi connectivity index (χ0) is 26.6. The van der Waals surface area contributed by atoms with E-state index in [2.05, 4.69) is 22.9 Å². The van der Waals surface area contributed by atoms with E-state index in [1.807, 2.05) is 30.3 Å². The van der Waals surface area contributed by atoms with Gasteiger partial charge < -0.3 is 20.7 Å². The highest BCUT2D eigenvalue weighted by molar-refractivity contribution is 5.90. The normalized spacial score (nSPS) is 11.6. The van der Waals surface area contributed by atoms with Gasteiger partial charge in [-0.15, -0.1) is 0 Å². The lowest BCUT2D eigenvalue weighted by Crippen LogP contribution is -2.49. The predicted octanol–water partition coefficient (Wildman–Crippen LogP) is 4.02. The number of carbonyl (C=O) groups excluding carboxylic acids is 4. The van der Waals surface area contributed by atoms with Crippen LogP contribution < -0.4 is 16.0 Å². The third-order valence-electron chi connectivity index (χ3n) is 5.86. The Morgan fingerprint density at radius 3 is 1.92 bits per heavy atom. The maximum Gasteiger partial charge on any atom is 0.329 e. The maximum absolute atomic E-state index is 12.4. The predicted molar refractivity (Wildman–Crippen MR) is 141 cm³/mol. The van der Waals surface area contributed by atoms with Gasteiger partial charge in [0.1, 0.15) is 12.6 Å². The minimum Gasteiger partial charge on any atom is -0.459 e. The lowest BCUT2D eigenvalue weighted by molar-refractivity contribution is -0.150. The van der Waals surface area contributed by atoms with Gasteiger partial charge in [-0.2, -0.15) is 0 Å². The van der Waals surface area contributed by atoms with Crippen molar-refractivity contribution < 1.29 is 23.9 Å². The standard InChI is InChI=1S/C28H45N3O5/c1-4-5-6-7-8-9-10-11-15-18-24(32)29-19-25(33)30-20-26(34)31-27(22(2)3)28(35)36-21-23-16-13-12-14-17-23/h12-14,16-17,22,27H,4-11,15,18-21H2,1-3H3,(H,29,32)(H,30,33)(H,31,34)/t27-/m0/s1. The van der Waals surface area contributed by atoms with Gasteiger partial charge in [0, 0.05) is 6.42 Å². The van der Waals surface area contributed by atoms with Crippen molar-refractivity contribution in [2.75, 3.05) is 13.1 Å². The molecule has 8 heteroatoms. The van der Waals surface area contributed by atoms with Gasteiger partial charge in [-0.25, -0.2) is 4.79 Å². The van der Waals surface area contributed by atoms with E-state index >= 15 is 0 Å². The van der Waals surface area contributed by atoms with Crippen molar-refractivity contribution in [1.29, 1.82) is 0 Å². The summed E-state index contributed by atoms with van der Waals surface area (Å²) in [6, 6.07) is 8.46. The molecule has 0 aromatic heterocycles. The quantitative estimate of drug-likeness (QED) is 0.195. The van der Waals surface area contributed by atoms with E-state index in [-0.39, 0.29) is 31.5 Å². The zero-order valence-electron chi connectivity index (χ0n) is 22.3. The molecule has 0 aliphatic carbocycles. The molecule has 36 heavy (non-hydrogen) atoms. The lowest BCUT2D eigenvalue weighted by atomic mass is 10.0. The molecule has 0 aliphatic rings. The molecule has 1 aromatic carbocycles. The summed E-state index contributed by atoms with van der Waals surface area (Å²) in [5.41, 5.74) is 0.854. The first-order valence-corrected chi connectivity index (χ1v) is 13.4. The smallest absolute Gasteiger partial charge is 0.329 e. The van der Waals surface area contributed by atoms with Crippen LogP contribution in [0, 0.1) is 5.92 Å². The van der Waals surface area contributed by atoms with Crippen LogP contribution >= 0.6 is 0 Å². The lowest BCUT2D eigenvalue weighted by Gasteiger charge is -2.21. The van der Waals surface area contributed by atoms with E-state index in [9.17, 15) is 19.2 Å². The molecule has 0 radical (unpaired) electrons. The number of nitrogens with one attached hydrogen (secondary N) is 3. The number of ether oxygens (including phenoxy) is 1. The van der Waals surface area contributed by atoms with Crippen LogP contribution in [0.5, 0.6) is 0 Å². The topological polar surface area (TPSA) is 114 Å². The van der Waals surface area contributed by atoms with E-state index in [0.29, 0.717) is 6.42 Å². The second-order valence-corrected chi connectivity index (χ2v) is 9.51. The van der Waals surface area contributed by atoms with E-state index in [1.165, 1.54) is 38.5 Å². The maximum atomic E-state index is 12.4. The Bertz CT molecular complexity index is 783. The van der Waals surface area contributed by atoms with Gasteiger partial charge in [0.25, 0.3) is 0 Å². The molecule has 0 aliphatic heterocycles. The van der Waals surface area contributed by atoms with Gasteiger partial charge in [0.05, 0.1) is 13.1 Å². The summed E-state index contributed by atoms with van der Waals surface area (Å²) in [7, 11) is 0. The number of carbonyl (C=O) groups is 4. The van der Waals surface area contributed by atoms with Crippen molar-refractivity contribution in [3.8, 4) is 0 Å². The first-order valence-electron chi connectivity index (χ1n) is 13.4. The highest BCUT2D eigenvalue weighted by atomic mass is 16.5. The largest absolute Gasteiger partial charge is 0.459 e. The number of unbranched alkanes of at least 4 members (excludes halogenated alkanes) is 8. The van der Waals surface area contributed by atoms with Crippen LogP contribution in [0.4, 0.5) is 0 Å². The minimum absolute atomic E-state index is 0.119. The number of esters is 1. The summed E-state index contributed by atoms with van der Waals surface area (Å²) in [4.78, 5) is 48.6. The Morgan fingerprint density at radius 2 is 1.31 bits per heavy atom. The van der Waals surface area contributed by atoms with Crippen LogP contribution in [0.15, 0.2) is 30.3 Å². The molecule has 202 valence electrons. The summed E-state index contributed by atoms with van der Waals surface area (Å²) >= 11 is 0. The molecular formula is C28H45N3O5. The molecule has 0 spiro atoms. The van der Waals surface area contributed by atoms with Crippen molar-refractivity contribution in [2.24, 2.45) is 5.92 Å². The molecule has 0 saturated carbocycles. The summed E-state index contributed by atoms with van der Waals surface area (Å²) in [6.07, 6.45) is 11.0. The molecule has 0 heterocycles. The van der Waals surface area contributed by atoms with Crippen LogP contribution in [0.2, 0.25) is 0 Å². The zero-order valence-corrected chi connectivity index (χ0v) is 22.3. The van der Waals surface area contributed by atoms with Crippen molar-refractivity contribution in [2.45, 2.75) is 97.6 Å². The number of hydrogen-bond acceptors (Lipinski definition) is 5. The number of rotatable bonds is 19. The molecule has 8 nitrogen and oxygen atoms in total. The SMILES string of the molecule is CCCCCCCCCCCC(=O)NCC(=O)NCC(=O)N[C@H](C(=O)OCc1ccccc1)C(C)C. The van der Waals surface area contributed by atoms with Crippen LogP contribution in [0.1, 0.15) is 90.5 Å². The molecule has 3 amide bonds. The molecule has 0 bridgehead atoms. The van der Waals surface area contributed by atoms with Gasteiger partial charge in [0.15, 0.2) is 0 Å². The molecule has 0 fully saturated rings. The van der Waals surface area contributed by atoms with Gasteiger partial charge in [-0.3, -0.25) is 14.4 Å². The fourth-order valence-electron chi connectivity index (χ4n) is 3.65. The summed E-state index contributed by atoms with van der Waals surface area (Å²) in [6.45, 7) is 5.46. The molecule has 1 atom stereocenters. The average molecular weight is 504 g/mol. The Hall–Kier alpha value is -2.90. The Kier molecular flexibility index (Phi) is 16.7. The van der Waals surface area contributed by atoms with Gasteiger partial charge >= 0.3 is 5.97 Å². The van der Waals surface area contributed by atoms with E-state index < -0.39 is 23.8 Å². The van der Waals surface area contributed by atoms with Crippen molar-refractivity contribution in [3.63, 3.8) is 0 Å². The second-order valence-electron chi connectivity index (χ2n) is 9.51. The van der Waals surface area contributed by atoms with E-state index in [4.69, 9.17) is 4.74 Å². The molecule has 1 aromatic rings. The van der Waals surface area contributed by atoms with Gasteiger partial charge in [-0.05, 0) is 17.9 Å². The van der Waals surface area contributed by atoms with Gasteiger partial charge in [0.2, 0.25) is 17.7 Å². The number of benzene rings is 1. The Balaban J connectivity index is 2.18. The third kappa shape index (κ3) is 15.2. The first kappa shape index (κ1) is 31.1. The summed E-state index contributed by atoms with van der Waals surface area (Å²) in [5, 5.41) is 7.67. The number of amides is 3. The molecule has 0 saturated heterocycles. The average Bonchev–Trinajstić information content (AvgIpc) is 2.87. The molecule has 1 rings (SSSR count). The van der Waals surface area contributed by atoms with Crippen LogP contribution in [-0.2, 0) is 30.5 Å². The number of hydrogen-bond donors (Lipinski definition) is 3. The minimum atomic E-state index is -0.825. The van der Waals surface area contributed by atoms with Crippen LogP contribution in [0.3, 0.4) is 0 Å². The highest BCUT2D eigenvalue weighted by Crippen LogP contribution is 2.10. The fraction of sp³-hybridized carbons (Fsp3) is 0.643. The van der Waals surface area contributed by atoms with Crippen molar-refractivity contribution in [1.82, 2.24) is 16.0 Å². The molecule has 0 unspecified atom stereocenters. The Morgan fingerprint density at radius 1 is 0.750 bits per heavy atom. The summed E-state index contributed by atoms with van der Waals surface area (Å²) in [5.74, 6) is -1.85. The van der Waals surface area contributed by atoms with Crippen LogP contribution in [0.25, 0.3) is 0 Å². The Labute approximate surface area is 216 Å².